The summed E-state index contributed by atoms with van der Waals surface area (Å²) in [7, 11) is 0. The van der Waals surface area contributed by atoms with Gasteiger partial charge in [0.15, 0.2) is 0 Å². The highest BCUT2D eigenvalue weighted by Gasteiger charge is 2.08. The Kier molecular flexibility index (Phi) is 4.09. The van der Waals surface area contributed by atoms with Crippen molar-refractivity contribution in [3.05, 3.63) is 64.4 Å². The number of terminal acetylenes is 1. The molecule has 0 heterocycles. The minimum atomic E-state index is -0.412. The van der Waals surface area contributed by atoms with Gasteiger partial charge in [0.2, 0.25) is 0 Å². The summed E-state index contributed by atoms with van der Waals surface area (Å²) in [5.41, 5.74) is 2.53. The van der Waals surface area contributed by atoms with E-state index in [1.165, 1.54) is 6.07 Å². The topological polar surface area (TPSA) is 12.0 Å². The van der Waals surface area contributed by atoms with Crippen LogP contribution in [0.25, 0.3) is 0 Å². The first kappa shape index (κ1) is 13.5. The highest BCUT2D eigenvalue weighted by Crippen LogP contribution is 2.23. The molecule has 0 aliphatic rings. The van der Waals surface area contributed by atoms with E-state index >= 15 is 0 Å². The van der Waals surface area contributed by atoms with Crippen molar-refractivity contribution in [3.63, 3.8) is 0 Å². The average molecular weight is 274 g/mol. The van der Waals surface area contributed by atoms with Crippen molar-refractivity contribution >= 4 is 17.3 Å². The summed E-state index contributed by atoms with van der Waals surface area (Å²) in [5, 5.41) is 3.40. The van der Waals surface area contributed by atoms with E-state index in [4.69, 9.17) is 18.0 Å². The van der Waals surface area contributed by atoms with Crippen LogP contribution in [-0.4, -0.2) is 0 Å². The molecular weight excluding hydrogens is 261 g/mol. The fraction of sp³-hybridized carbons (Fsp3) is 0.125. The van der Waals surface area contributed by atoms with E-state index in [2.05, 4.69) is 11.2 Å². The molecule has 0 spiro atoms. The van der Waals surface area contributed by atoms with Crippen molar-refractivity contribution in [1.29, 1.82) is 0 Å². The largest absolute Gasteiger partial charge is 0.378 e. The zero-order chi connectivity index (χ0) is 13.8. The third-order valence-corrected chi connectivity index (χ3v) is 3.16. The highest BCUT2D eigenvalue weighted by atomic mass is 35.5. The van der Waals surface area contributed by atoms with Gasteiger partial charge in [0, 0.05) is 17.3 Å². The summed E-state index contributed by atoms with van der Waals surface area (Å²) in [4.78, 5) is 0. The Morgan fingerprint density at radius 2 is 2.05 bits per heavy atom. The summed E-state index contributed by atoms with van der Waals surface area (Å²) < 4.78 is 13.4. The van der Waals surface area contributed by atoms with E-state index in [1.54, 1.807) is 12.1 Å². The number of nitrogens with one attached hydrogen (secondary N) is 1. The van der Waals surface area contributed by atoms with Crippen LogP contribution in [0.4, 0.5) is 10.1 Å². The molecule has 0 bridgehead atoms. The van der Waals surface area contributed by atoms with E-state index in [1.807, 2.05) is 31.2 Å². The zero-order valence-electron chi connectivity index (χ0n) is 10.5. The number of benzene rings is 2. The average Bonchev–Trinajstić information content (AvgIpc) is 2.42. The van der Waals surface area contributed by atoms with Crippen molar-refractivity contribution in [3.8, 4) is 12.3 Å². The monoisotopic (exact) mass is 273 g/mol. The molecule has 1 atom stereocenters. The summed E-state index contributed by atoms with van der Waals surface area (Å²) in [5.74, 6) is 2.17. The maximum atomic E-state index is 13.4. The van der Waals surface area contributed by atoms with Gasteiger partial charge in [-0.05, 0) is 42.8 Å². The molecule has 1 nitrogen and oxygen atoms in total. The van der Waals surface area contributed by atoms with E-state index in [9.17, 15) is 4.39 Å². The van der Waals surface area contributed by atoms with Gasteiger partial charge in [-0.15, -0.1) is 6.42 Å². The predicted octanol–water partition coefficient (Wildman–Crippen LogP) is 4.63. The van der Waals surface area contributed by atoms with E-state index in [0.29, 0.717) is 0 Å². The zero-order valence-corrected chi connectivity index (χ0v) is 11.2. The first-order valence-electron chi connectivity index (χ1n) is 5.88. The van der Waals surface area contributed by atoms with E-state index in [0.717, 1.165) is 16.8 Å². The van der Waals surface area contributed by atoms with Crippen LogP contribution in [0.3, 0.4) is 0 Å². The molecule has 0 fully saturated rings. The van der Waals surface area contributed by atoms with Crippen LogP contribution in [-0.2, 0) is 0 Å². The second kappa shape index (κ2) is 5.77. The minimum Gasteiger partial charge on any atom is -0.378 e. The van der Waals surface area contributed by atoms with Crippen molar-refractivity contribution in [2.24, 2.45) is 0 Å². The van der Waals surface area contributed by atoms with Gasteiger partial charge < -0.3 is 5.32 Å². The van der Waals surface area contributed by atoms with Gasteiger partial charge in [-0.1, -0.05) is 29.7 Å². The molecule has 0 aliphatic carbocycles. The molecule has 0 amide bonds. The van der Waals surface area contributed by atoms with Crippen molar-refractivity contribution in [2.45, 2.75) is 13.0 Å². The molecule has 1 N–H and O–H groups in total. The van der Waals surface area contributed by atoms with E-state index in [-0.39, 0.29) is 11.1 Å². The first-order valence-corrected chi connectivity index (χ1v) is 6.26. The first-order chi connectivity index (χ1) is 9.10. The third-order valence-electron chi connectivity index (χ3n) is 2.86. The number of anilines is 1. The maximum Gasteiger partial charge on any atom is 0.142 e. The lowest BCUT2D eigenvalue weighted by Crippen LogP contribution is -2.07. The molecule has 3 heteroatoms. The van der Waals surface area contributed by atoms with Gasteiger partial charge >= 0.3 is 0 Å². The van der Waals surface area contributed by atoms with Crippen LogP contribution in [0.5, 0.6) is 0 Å². The second-order valence-electron chi connectivity index (χ2n) is 4.26. The molecule has 0 aromatic heterocycles. The lowest BCUT2D eigenvalue weighted by atomic mass is 10.1. The lowest BCUT2D eigenvalue weighted by molar-refractivity contribution is 0.624. The Bertz CT molecular complexity index is 631. The third kappa shape index (κ3) is 3.27. The summed E-state index contributed by atoms with van der Waals surface area (Å²) in [6.45, 7) is 1.95. The van der Waals surface area contributed by atoms with Gasteiger partial charge in [0.1, 0.15) is 5.82 Å². The smallest absolute Gasteiger partial charge is 0.142 e. The molecule has 19 heavy (non-hydrogen) atoms. The molecule has 0 saturated carbocycles. The van der Waals surface area contributed by atoms with Crippen molar-refractivity contribution < 1.29 is 4.39 Å². The number of hydrogen-bond acceptors (Lipinski definition) is 1. The Hall–Kier alpha value is -1.98. The van der Waals surface area contributed by atoms with Gasteiger partial charge in [-0.3, -0.25) is 0 Å². The SMILES string of the molecule is C#Cc1cccc(NC(C)c2ccc(Cl)c(F)c2)c1. The van der Waals surface area contributed by atoms with Crippen molar-refractivity contribution in [1.82, 2.24) is 0 Å². The van der Waals surface area contributed by atoms with Crippen LogP contribution in [0.1, 0.15) is 24.1 Å². The van der Waals surface area contributed by atoms with Gasteiger partial charge in [0.05, 0.1) is 5.02 Å². The van der Waals surface area contributed by atoms with Crippen LogP contribution in [0.2, 0.25) is 5.02 Å². The Morgan fingerprint density at radius 3 is 2.74 bits per heavy atom. The van der Waals surface area contributed by atoms with Crippen molar-refractivity contribution in [2.75, 3.05) is 5.32 Å². The van der Waals surface area contributed by atoms with Crippen LogP contribution in [0, 0.1) is 18.2 Å². The van der Waals surface area contributed by atoms with Gasteiger partial charge in [0.25, 0.3) is 0 Å². The number of hydrogen-bond donors (Lipinski definition) is 1. The summed E-state index contributed by atoms with van der Waals surface area (Å²) >= 11 is 5.67. The molecule has 1 unspecified atom stereocenters. The molecule has 2 rings (SSSR count). The second-order valence-corrected chi connectivity index (χ2v) is 4.67. The predicted molar refractivity (Wildman–Crippen MR) is 77.8 cm³/mol. The number of halogens is 2. The molecule has 2 aromatic rings. The standard InChI is InChI=1S/C16H13ClFN/c1-3-12-5-4-6-14(9-12)19-11(2)13-7-8-15(17)16(18)10-13/h1,4-11,19H,2H3. The fourth-order valence-corrected chi connectivity index (χ4v) is 1.93. The van der Waals surface area contributed by atoms with Gasteiger partial charge in [-0.2, -0.15) is 0 Å². The van der Waals surface area contributed by atoms with E-state index < -0.39 is 5.82 Å². The lowest BCUT2D eigenvalue weighted by Gasteiger charge is -2.16. The molecule has 0 aliphatic heterocycles. The molecule has 0 saturated heterocycles. The number of rotatable bonds is 3. The quantitative estimate of drug-likeness (QED) is 0.804. The van der Waals surface area contributed by atoms with Crippen LogP contribution >= 0.6 is 11.6 Å². The molecule has 2 aromatic carbocycles. The molecular formula is C16H13ClFN. The highest BCUT2D eigenvalue weighted by molar-refractivity contribution is 6.30. The Labute approximate surface area is 117 Å². The summed E-state index contributed by atoms with van der Waals surface area (Å²) in [6.07, 6.45) is 5.36. The Balaban J connectivity index is 2.18. The van der Waals surface area contributed by atoms with Crippen LogP contribution in [0.15, 0.2) is 42.5 Å². The normalized spacial score (nSPS) is 11.7. The fourth-order valence-electron chi connectivity index (χ4n) is 1.81. The van der Waals surface area contributed by atoms with Crippen LogP contribution < -0.4 is 5.32 Å². The minimum absolute atomic E-state index is 0.0419. The Morgan fingerprint density at radius 1 is 1.26 bits per heavy atom. The maximum absolute atomic E-state index is 13.4. The molecule has 0 radical (unpaired) electrons. The molecule has 96 valence electrons. The summed E-state index contributed by atoms with van der Waals surface area (Å²) in [6, 6.07) is 12.3. The van der Waals surface area contributed by atoms with Gasteiger partial charge in [-0.25, -0.2) is 4.39 Å².